The number of thiophene rings is 1. The molecule has 1 fully saturated rings. The third-order valence-corrected chi connectivity index (χ3v) is 5.65. The lowest BCUT2D eigenvalue weighted by atomic mass is 10.1. The minimum absolute atomic E-state index is 0.133. The maximum Gasteiger partial charge on any atom is 0.329 e. The summed E-state index contributed by atoms with van der Waals surface area (Å²) >= 11 is 1.70. The molecule has 3 rings (SSSR count). The fourth-order valence-corrected chi connectivity index (χ4v) is 4.00. The molecule has 6 nitrogen and oxygen atoms in total. The predicted molar refractivity (Wildman–Crippen MR) is 107 cm³/mol. The van der Waals surface area contributed by atoms with Gasteiger partial charge in [0, 0.05) is 56.4 Å². The summed E-state index contributed by atoms with van der Waals surface area (Å²) in [6.45, 7) is 2.49. The number of anilines is 1. The van der Waals surface area contributed by atoms with Crippen molar-refractivity contribution in [3.63, 3.8) is 0 Å². The number of rotatable bonds is 5. The van der Waals surface area contributed by atoms with Gasteiger partial charge in [-0.15, -0.1) is 11.3 Å². The molecular weight excluding hydrogens is 362 g/mol. The normalized spacial score (nSPS) is 17.6. The van der Waals surface area contributed by atoms with Gasteiger partial charge in [0.2, 0.25) is 0 Å². The summed E-state index contributed by atoms with van der Waals surface area (Å²) in [6.07, 6.45) is 0. The van der Waals surface area contributed by atoms with Crippen molar-refractivity contribution in [3.8, 4) is 0 Å². The molecule has 1 unspecified atom stereocenters. The van der Waals surface area contributed by atoms with Crippen molar-refractivity contribution in [2.45, 2.75) is 12.6 Å². The molecular formula is C20H25N3O3S. The highest BCUT2D eigenvalue weighted by Gasteiger charge is 2.36. The number of amides is 1. The van der Waals surface area contributed by atoms with Crippen LogP contribution in [0.1, 0.15) is 15.2 Å². The van der Waals surface area contributed by atoms with Crippen molar-refractivity contribution in [1.29, 1.82) is 0 Å². The second kappa shape index (κ2) is 8.54. The van der Waals surface area contributed by atoms with E-state index in [1.165, 1.54) is 12.0 Å². The summed E-state index contributed by atoms with van der Waals surface area (Å²) in [6, 6.07) is 11.0. The van der Waals surface area contributed by atoms with Crippen LogP contribution in [-0.4, -0.2) is 68.6 Å². The van der Waals surface area contributed by atoms with Gasteiger partial charge in [-0.2, -0.15) is 0 Å². The molecule has 0 bridgehead atoms. The van der Waals surface area contributed by atoms with Gasteiger partial charge in [-0.05, 0) is 35.7 Å². The predicted octanol–water partition coefficient (Wildman–Crippen LogP) is 2.31. The molecule has 1 amide bonds. The third-order valence-electron chi connectivity index (χ3n) is 4.79. The van der Waals surface area contributed by atoms with Gasteiger partial charge in [0.15, 0.2) is 0 Å². The molecule has 0 spiro atoms. The molecule has 0 radical (unpaired) electrons. The van der Waals surface area contributed by atoms with Crippen LogP contribution in [0.4, 0.5) is 5.69 Å². The first-order valence-corrected chi connectivity index (χ1v) is 9.78. The van der Waals surface area contributed by atoms with Gasteiger partial charge in [-0.25, -0.2) is 4.79 Å². The number of esters is 1. The zero-order valence-electron chi connectivity index (χ0n) is 15.9. The molecule has 2 aromatic rings. The summed E-state index contributed by atoms with van der Waals surface area (Å²) in [5, 5.41) is 2.05. The maximum absolute atomic E-state index is 13.0. The smallest absolute Gasteiger partial charge is 0.329 e. The van der Waals surface area contributed by atoms with Crippen molar-refractivity contribution in [2.24, 2.45) is 0 Å². The van der Waals surface area contributed by atoms with E-state index in [0.29, 0.717) is 18.7 Å². The number of benzene rings is 1. The van der Waals surface area contributed by atoms with Crippen LogP contribution in [0, 0.1) is 0 Å². The largest absolute Gasteiger partial charge is 0.467 e. The van der Waals surface area contributed by atoms with Crippen LogP contribution in [0.3, 0.4) is 0 Å². The summed E-state index contributed by atoms with van der Waals surface area (Å²) < 4.78 is 4.98. The maximum atomic E-state index is 13.0. The Morgan fingerprint density at radius 3 is 2.52 bits per heavy atom. The lowest BCUT2D eigenvalue weighted by Gasteiger charge is -2.39. The van der Waals surface area contributed by atoms with E-state index < -0.39 is 6.04 Å². The molecule has 27 heavy (non-hydrogen) atoms. The Bertz CT molecular complexity index is 774. The first-order valence-electron chi connectivity index (χ1n) is 8.90. The van der Waals surface area contributed by atoms with Crippen LogP contribution in [0.5, 0.6) is 0 Å². The van der Waals surface area contributed by atoms with Gasteiger partial charge < -0.3 is 14.5 Å². The summed E-state index contributed by atoms with van der Waals surface area (Å²) in [5.41, 5.74) is 1.61. The van der Waals surface area contributed by atoms with Crippen LogP contribution in [0.15, 0.2) is 41.8 Å². The molecule has 2 heterocycles. The second-order valence-electron chi connectivity index (χ2n) is 6.79. The quantitative estimate of drug-likeness (QED) is 0.737. The molecule has 1 aromatic heterocycles. The standard InChI is InChI=1S/C20H25N3O3S/c1-21(2)16-8-6-15(7-9-16)19(24)23-11-10-22(13-17-5-4-12-27-17)14-18(23)20(25)26-3/h4-9,12,18H,10-11,13-14H2,1-3H3. The molecule has 1 atom stereocenters. The average Bonchev–Trinajstić information content (AvgIpc) is 3.20. The van der Waals surface area contributed by atoms with Crippen LogP contribution in [0.2, 0.25) is 0 Å². The van der Waals surface area contributed by atoms with Gasteiger partial charge >= 0.3 is 5.97 Å². The fraction of sp³-hybridized carbons (Fsp3) is 0.400. The molecule has 0 saturated carbocycles. The minimum atomic E-state index is -0.593. The van der Waals surface area contributed by atoms with Gasteiger partial charge in [-0.3, -0.25) is 9.69 Å². The number of piperazine rings is 1. The van der Waals surface area contributed by atoms with E-state index in [9.17, 15) is 9.59 Å². The fourth-order valence-electron chi connectivity index (χ4n) is 3.25. The summed E-state index contributed by atoms with van der Waals surface area (Å²) in [4.78, 5) is 32.5. The Kier molecular flexibility index (Phi) is 6.13. The number of carbonyl (C=O) groups excluding carboxylic acids is 2. The van der Waals surface area contributed by atoms with Crippen LogP contribution < -0.4 is 4.90 Å². The topological polar surface area (TPSA) is 53.1 Å². The van der Waals surface area contributed by atoms with Crippen molar-refractivity contribution in [2.75, 3.05) is 45.7 Å². The zero-order chi connectivity index (χ0) is 19.4. The number of carbonyl (C=O) groups is 2. The molecule has 1 aliphatic heterocycles. The number of methoxy groups -OCH3 is 1. The number of ether oxygens (including phenoxy) is 1. The first-order chi connectivity index (χ1) is 13.0. The number of nitrogens with zero attached hydrogens (tertiary/aromatic N) is 3. The summed E-state index contributed by atoms with van der Waals surface area (Å²) in [5.74, 6) is -0.504. The Hall–Kier alpha value is -2.38. The molecule has 1 aliphatic rings. The highest BCUT2D eigenvalue weighted by atomic mass is 32.1. The van der Waals surface area contributed by atoms with Crippen LogP contribution in [0.25, 0.3) is 0 Å². The number of hydrogen-bond acceptors (Lipinski definition) is 6. The minimum Gasteiger partial charge on any atom is -0.467 e. The third kappa shape index (κ3) is 4.48. The summed E-state index contributed by atoms with van der Waals surface area (Å²) in [7, 11) is 5.28. The average molecular weight is 388 g/mol. The highest BCUT2D eigenvalue weighted by Crippen LogP contribution is 2.20. The van der Waals surface area contributed by atoms with E-state index in [0.717, 1.165) is 18.8 Å². The SMILES string of the molecule is COC(=O)C1CN(Cc2cccs2)CCN1C(=O)c1ccc(N(C)C)cc1. The Balaban J connectivity index is 1.74. The van der Waals surface area contributed by atoms with E-state index in [-0.39, 0.29) is 11.9 Å². The second-order valence-corrected chi connectivity index (χ2v) is 7.83. The number of hydrogen-bond donors (Lipinski definition) is 0. The zero-order valence-corrected chi connectivity index (χ0v) is 16.7. The van der Waals surface area contributed by atoms with Crippen LogP contribution >= 0.6 is 11.3 Å². The lowest BCUT2D eigenvalue weighted by Crippen LogP contribution is -2.58. The van der Waals surface area contributed by atoms with E-state index >= 15 is 0 Å². The van der Waals surface area contributed by atoms with Crippen molar-refractivity contribution >= 4 is 28.9 Å². The molecule has 1 aromatic carbocycles. The highest BCUT2D eigenvalue weighted by molar-refractivity contribution is 7.09. The van der Waals surface area contributed by atoms with E-state index in [1.54, 1.807) is 16.2 Å². The molecule has 0 N–H and O–H groups in total. The monoisotopic (exact) mass is 387 g/mol. The van der Waals surface area contributed by atoms with Crippen molar-refractivity contribution in [3.05, 3.63) is 52.2 Å². The van der Waals surface area contributed by atoms with Crippen molar-refractivity contribution < 1.29 is 14.3 Å². The van der Waals surface area contributed by atoms with Crippen LogP contribution in [-0.2, 0) is 16.1 Å². The first kappa shape index (κ1) is 19.4. The van der Waals surface area contributed by atoms with Gasteiger partial charge in [0.1, 0.15) is 6.04 Å². The molecule has 144 valence electrons. The lowest BCUT2D eigenvalue weighted by molar-refractivity contribution is -0.148. The van der Waals surface area contributed by atoms with E-state index in [4.69, 9.17) is 4.74 Å². The van der Waals surface area contributed by atoms with E-state index in [1.807, 2.05) is 54.7 Å². The molecule has 1 saturated heterocycles. The molecule has 7 heteroatoms. The van der Waals surface area contributed by atoms with Gasteiger partial charge in [-0.1, -0.05) is 6.07 Å². The van der Waals surface area contributed by atoms with E-state index in [2.05, 4.69) is 11.0 Å². The Labute approximate surface area is 163 Å². The Morgan fingerprint density at radius 2 is 1.93 bits per heavy atom. The van der Waals surface area contributed by atoms with Crippen molar-refractivity contribution in [1.82, 2.24) is 9.80 Å². The molecule has 0 aliphatic carbocycles. The van der Waals surface area contributed by atoms with Gasteiger partial charge in [0.05, 0.1) is 7.11 Å². The van der Waals surface area contributed by atoms with Gasteiger partial charge in [0.25, 0.3) is 5.91 Å². The Morgan fingerprint density at radius 1 is 1.19 bits per heavy atom.